The molecule has 13 heteroatoms. The molecule has 0 radical (unpaired) electrons. The van der Waals surface area contributed by atoms with Gasteiger partial charge in [-0.25, -0.2) is 0 Å². The van der Waals surface area contributed by atoms with Crippen molar-refractivity contribution in [3.05, 3.63) is 0 Å². The summed E-state index contributed by atoms with van der Waals surface area (Å²) < 4.78 is 31.2. The molecule has 4 aliphatic carbocycles. The zero-order valence-corrected chi connectivity index (χ0v) is 26.9. The predicted molar refractivity (Wildman–Crippen MR) is 140 cm³/mol. The second kappa shape index (κ2) is 12.3. The SMILES string of the molecule is C[C@H](CCC([O-])=N[C@@H](CO)CS(=O)(=O)O)[C@H]1[C@@H](O)[C@H](O)[C@H]2[C@@H]3C[C@@H](O)[C@@]4(O)C[C@@H](O)CC[C@]4(C)[C@H]3CC[C@]12C.[Na+]. The van der Waals surface area contributed by atoms with E-state index in [1.54, 1.807) is 0 Å². The maximum absolute atomic E-state index is 12.4. The molecule has 0 aromatic rings. The van der Waals surface area contributed by atoms with Crippen molar-refractivity contribution in [3.8, 4) is 0 Å². The van der Waals surface area contributed by atoms with Gasteiger partial charge in [0.25, 0.3) is 10.1 Å². The molecule has 0 unspecified atom stereocenters. The van der Waals surface area contributed by atoms with Gasteiger partial charge in [0, 0.05) is 11.8 Å². The van der Waals surface area contributed by atoms with Crippen LogP contribution in [-0.2, 0) is 10.1 Å². The third-order valence-corrected chi connectivity index (χ3v) is 12.2. The molecule has 4 saturated carbocycles. The Morgan fingerprint density at radius 3 is 2.35 bits per heavy atom. The van der Waals surface area contributed by atoms with Crippen LogP contribution >= 0.6 is 0 Å². The molecule has 13 atom stereocenters. The Hall–Kier alpha value is 0.140. The van der Waals surface area contributed by atoms with Gasteiger partial charge in [-0.3, -0.25) is 9.55 Å². The minimum absolute atomic E-state index is 0. The Morgan fingerprint density at radius 2 is 1.75 bits per heavy atom. The van der Waals surface area contributed by atoms with Crippen molar-refractivity contribution in [1.82, 2.24) is 0 Å². The van der Waals surface area contributed by atoms with Crippen LogP contribution < -0.4 is 34.7 Å². The summed E-state index contributed by atoms with van der Waals surface area (Å²) in [7, 11) is -4.41. The molecule has 4 aliphatic rings. The molecule has 4 rings (SSSR count). The summed E-state index contributed by atoms with van der Waals surface area (Å²) in [4.78, 5) is 3.72. The third kappa shape index (κ3) is 5.94. The first kappa shape index (κ1) is 34.6. The van der Waals surface area contributed by atoms with Crippen molar-refractivity contribution in [3.63, 3.8) is 0 Å². The molecule has 40 heavy (non-hydrogen) atoms. The van der Waals surface area contributed by atoms with Gasteiger partial charge in [-0.15, -0.1) is 0 Å². The molecule has 226 valence electrons. The summed E-state index contributed by atoms with van der Waals surface area (Å²) >= 11 is 0. The normalized spacial score (nSPS) is 46.9. The second-order valence-electron chi connectivity index (χ2n) is 13.5. The molecule has 0 heterocycles. The molecule has 0 spiro atoms. The van der Waals surface area contributed by atoms with Crippen LogP contribution in [0.15, 0.2) is 4.99 Å². The summed E-state index contributed by atoms with van der Waals surface area (Å²) in [5.74, 6) is -2.40. The molecule has 7 N–H and O–H groups in total. The summed E-state index contributed by atoms with van der Waals surface area (Å²) in [5.41, 5.74) is -2.50. The average Bonchev–Trinajstić information content (AvgIpc) is 3.03. The predicted octanol–water partition coefficient (Wildman–Crippen LogP) is -3.54. The Kier molecular flexibility index (Phi) is 10.6. The number of hydrogen-bond acceptors (Lipinski definition) is 10. The molecule has 0 aromatic heterocycles. The van der Waals surface area contributed by atoms with Crippen LogP contribution in [0, 0.1) is 40.4 Å². The van der Waals surface area contributed by atoms with E-state index in [0.717, 1.165) is 6.42 Å². The number of hydrogen-bond donors (Lipinski definition) is 7. The molecule has 11 nitrogen and oxygen atoms in total. The molecule has 0 aromatic carbocycles. The smallest absolute Gasteiger partial charge is 0.862 e. The topological polar surface area (TPSA) is 211 Å². The number of fused-ring (bicyclic) bond motifs is 5. The van der Waals surface area contributed by atoms with E-state index in [0.29, 0.717) is 25.7 Å². The summed E-state index contributed by atoms with van der Waals surface area (Å²) in [6.45, 7) is 5.27. The van der Waals surface area contributed by atoms with Crippen LogP contribution in [0.3, 0.4) is 0 Å². The zero-order valence-electron chi connectivity index (χ0n) is 24.1. The first-order valence-corrected chi connectivity index (χ1v) is 15.8. The van der Waals surface area contributed by atoms with Gasteiger partial charge in [0.05, 0.1) is 48.4 Å². The van der Waals surface area contributed by atoms with Gasteiger partial charge >= 0.3 is 29.6 Å². The first-order chi connectivity index (χ1) is 18.0. The Morgan fingerprint density at radius 1 is 1.10 bits per heavy atom. The summed E-state index contributed by atoms with van der Waals surface area (Å²) in [5, 5.41) is 77.6. The summed E-state index contributed by atoms with van der Waals surface area (Å²) in [6.07, 6.45) is -0.518. The van der Waals surface area contributed by atoms with Gasteiger partial charge in [-0.05, 0) is 85.8 Å². The van der Waals surface area contributed by atoms with Gasteiger partial charge in [0.1, 0.15) is 0 Å². The van der Waals surface area contributed by atoms with E-state index in [1.807, 2.05) is 13.8 Å². The van der Waals surface area contributed by atoms with E-state index < -0.39 is 75.3 Å². The maximum Gasteiger partial charge on any atom is 1.00 e. The van der Waals surface area contributed by atoms with Crippen molar-refractivity contribution >= 4 is 16.0 Å². The van der Waals surface area contributed by atoms with Gasteiger partial charge in [0.15, 0.2) is 0 Å². The van der Waals surface area contributed by atoms with Crippen LogP contribution in [0.2, 0.25) is 0 Å². The molecule has 4 fully saturated rings. The number of nitrogens with zero attached hydrogens (tertiary/aromatic N) is 1. The fraction of sp³-hybridized carbons (Fsp3) is 0.963. The molecule has 0 aliphatic heterocycles. The van der Waals surface area contributed by atoms with E-state index >= 15 is 0 Å². The van der Waals surface area contributed by atoms with Crippen molar-refractivity contribution in [1.29, 1.82) is 0 Å². The van der Waals surface area contributed by atoms with Crippen molar-refractivity contribution in [2.75, 3.05) is 12.4 Å². The van der Waals surface area contributed by atoms with E-state index in [1.165, 1.54) is 0 Å². The second-order valence-corrected chi connectivity index (χ2v) is 15.0. The molecule has 0 saturated heterocycles. The van der Waals surface area contributed by atoms with E-state index in [9.17, 15) is 44.2 Å². The fourth-order valence-corrected chi connectivity index (χ4v) is 10.2. The number of aliphatic hydroxyl groups excluding tert-OH is 5. The van der Waals surface area contributed by atoms with Crippen LogP contribution in [0.5, 0.6) is 0 Å². The summed E-state index contributed by atoms with van der Waals surface area (Å²) in [6, 6.07) is -1.25. The van der Waals surface area contributed by atoms with Crippen LogP contribution in [0.4, 0.5) is 0 Å². The van der Waals surface area contributed by atoms with Crippen LogP contribution in [-0.4, -0.2) is 97.9 Å². The Bertz CT molecular complexity index is 1050. The number of aliphatic hydroxyl groups is 6. The monoisotopic (exact) mass is 599 g/mol. The Balaban J connectivity index is 0.00000441. The minimum atomic E-state index is -4.41. The quantitative estimate of drug-likeness (QED) is 0.0632. The third-order valence-electron chi connectivity index (χ3n) is 11.3. The number of aliphatic imine (C=N–C) groups is 1. The van der Waals surface area contributed by atoms with Crippen LogP contribution in [0.1, 0.15) is 72.1 Å². The van der Waals surface area contributed by atoms with E-state index in [-0.39, 0.29) is 78.4 Å². The van der Waals surface area contributed by atoms with Crippen molar-refractivity contribution in [2.45, 2.75) is 108 Å². The zero-order chi connectivity index (χ0) is 29.1. The number of rotatable bonds is 8. The fourth-order valence-electron chi connectivity index (χ4n) is 9.55. The van der Waals surface area contributed by atoms with Gasteiger partial charge < -0.3 is 35.7 Å². The maximum atomic E-state index is 12.4. The van der Waals surface area contributed by atoms with Crippen LogP contribution in [0.25, 0.3) is 0 Å². The van der Waals surface area contributed by atoms with Crippen molar-refractivity contribution < 1.29 is 78.3 Å². The van der Waals surface area contributed by atoms with Crippen molar-refractivity contribution in [2.24, 2.45) is 45.4 Å². The standard InChI is InChI=1S/C27H47NO10S.Na/c1-14(4-5-20(32)28-15(12-29)13-39(36,37)38)21-23(33)24(34)22-17-10-19(31)27(35)11-16(30)6-9-26(27,3)18(17)7-8-25(21,22)2;/h14-19,21-24,29-31,33-35H,4-13H2,1-3H3,(H,28,32)(H,36,37,38);/q;+1/p-1/t14-,15+,16+,17-,18+,19-,21+,22-,23-,24-,25-,26-,27+;/m1./s1. The molecular weight excluding hydrogens is 553 g/mol. The Labute approximate surface area is 259 Å². The minimum Gasteiger partial charge on any atom is -0.862 e. The van der Waals surface area contributed by atoms with Gasteiger partial charge in [-0.1, -0.05) is 20.8 Å². The van der Waals surface area contributed by atoms with E-state index in [2.05, 4.69) is 11.9 Å². The molecule has 0 amide bonds. The molecule has 0 bridgehead atoms. The van der Waals surface area contributed by atoms with Gasteiger partial charge in [0.2, 0.25) is 0 Å². The molecular formula is C27H46NNaO10S. The first-order valence-electron chi connectivity index (χ1n) is 14.2. The average molecular weight is 600 g/mol. The largest absolute Gasteiger partial charge is 1.00 e. The van der Waals surface area contributed by atoms with Gasteiger partial charge in [-0.2, -0.15) is 8.42 Å². The van der Waals surface area contributed by atoms with E-state index in [4.69, 9.17) is 4.55 Å².